The summed E-state index contributed by atoms with van der Waals surface area (Å²) in [4.78, 5) is 2.11. The first-order chi connectivity index (χ1) is 7.52. The standard InChI is InChI=1S/C12H18ClFN2/c1-9(16(2)3)7-15-8-10-11(13)5-4-6-12(10)14/h4-6,9,15H,7-8H2,1-3H3. The van der Waals surface area contributed by atoms with Crippen LogP contribution in [-0.2, 0) is 6.54 Å². The molecule has 90 valence electrons. The van der Waals surface area contributed by atoms with Crippen LogP contribution >= 0.6 is 11.6 Å². The zero-order valence-corrected chi connectivity index (χ0v) is 10.7. The van der Waals surface area contributed by atoms with E-state index in [-0.39, 0.29) is 5.82 Å². The molecule has 0 aliphatic carbocycles. The summed E-state index contributed by atoms with van der Waals surface area (Å²) < 4.78 is 13.4. The maximum Gasteiger partial charge on any atom is 0.129 e. The van der Waals surface area contributed by atoms with Gasteiger partial charge in [0.2, 0.25) is 0 Å². The quantitative estimate of drug-likeness (QED) is 0.856. The highest BCUT2D eigenvalue weighted by Gasteiger charge is 2.08. The molecule has 4 heteroatoms. The number of rotatable bonds is 5. The number of benzene rings is 1. The van der Waals surface area contributed by atoms with E-state index in [4.69, 9.17) is 11.6 Å². The summed E-state index contributed by atoms with van der Waals surface area (Å²) in [6.45, 7) is 3.37. The van der Waals surface area contributed by atoms with Gasteiger partial charge in [-0.1, -0.05) is 17.7 Å². The molecule has 1 N–H and O–H groups in total. The monoisotopic (exact) mass is 244 g/mol. The van der Waals surface area contributed by atoms with Gasteiger partial charge in [0.25, 0.3) is 0 Å². The van der Waals surface area contributed by atoms with Gasteiger partial charge in [-0.05, 0) is 33.2 Å². The van der Waals surface area contributed by atoms with Crippen LogP contribution in [0.4, 0.5) is 4.39 Å². The van der Waals surface area contributed by atoms with Crippen molar-refractivity contribution in [3.8, 4) is 0 Å². The van der Waals surface area contributed by atoms with Crippen molar-refractivity contribution < 1.29 is 4.39 Å². The van der Waals surface area contributed by atoms with E-state index in [1.54, 1.807) is 12.1 Å². The third-order valence-electron chi connectivity index (χ3n) is 2.68. The molecule has 2 nitrogen and oxygen atoms in total. The second-order valence-electron chi connectivity index (χ2n) is 4.14. The van der Waals surface area contributed by atoms with Gasteiger partial charge in [-0.15, -0.1) is 0 Å². The van der Waals surface area contributed by atoms with Gasteiger partial charge in [0.1, 0.15) is 5.82 Å². The number of nitrogens with one attached hydrogen (secondary N) is 1. The lowest BCUT2D eigenvalue weighted by atomic mass is 10.2. The van der Waals surface area contributed by atoms with Gasteiger partial charge in [0.05, 0.1) is 0 Å². The van der Waals surface area contributed by atoms with Gasteiger partial charge in [-0.3, -0.25) is 0 Å². The van der Waals surface area contributed by atoms with E-state index >= 15 is 0 Å². The number of hydrogen-bond donors (Lipinski definition) is 1. The second kappa shape index (κ2) is 6.18. The Hall–Kier alpha value is -0.640. The predicted octanol–water partition coefficient (Wildman–Crippen LogP) is 2.52. The molecule has 1 aromatic carbocycles. The summed E-state index contributed by atoms with van der Waals surface area (Å²) in [7, 11) is 4.03. The molecule has 0 spiro atoms. The Balaban J connectivity index is 2.49. The zero-order chi connectivity index (χ0) is 12.1. The Morgan fingerprint density at radius 2 is 2.12 bits per heavy atom. The number of halogens is 2. The molecule has 0 saturated carbocycles. The Morgan fingerprint density at radius 3 is 2.69 bits per heavy atom. The Kier molecular flexibility index (Phi) is 5.19. The molecule has 0 aliphatic heterocycles. The summed E-state index contributed by atoms with van der Waals surface area (Å²) in [5.41, 5.74) is 0.537. The lowest BCUT2D eigenvalue weighted by Gasteiger charge is -2.20. The SMILES string of the molecule is CC(CNCc1c(F)cccc1Cl)N(C)C. The third-order valence-corrected chi connectivity index (χ3v) is 3.04. The van der Waals surface area contributed by atoms with Crippen molar-refractivity contribution in [2.24, 2.45) is 0 Å². The molecule has 1 unspecified atom stereocenters. The third kappa shape index (κ3) is 3.74. The summed E-state index contributed by atoms with van der Waals surface area (Å²) >= 11 is 5.92. The van der Waals surface area contributed by atoms with Gasteiger partial charge in [0, 0.05) is 29.7 Å². The minimum absolute atomic E-state index is 0.252. The molecule has 1 aromatic rings. The van der Waals surface area contributed by atoms with Crippen LogP contribution in [0.3, 0.4) is 0 Å². The van der Waals surface area contributed by atoms with Crippen LogP contribution in [-0.4, -0.2) is 31.6 Å². The zero-order valence-electron chi connectivity index (χ0n) is 9.93. The molecule has 1 rings (SSSR count). The van der Waals surface area contributed by atoms with Crippen molar-refractivity contribution in [2.75, 3.05) is 20.6 Å². The smallest absolute Gasteiger partial charge is 0.129 e. The summed E-state index contributed by atoms with van der Waals surface area (Å²) in [6.07, 6.45) is 0. The van der Waals surface area contributed by atoms with E-state index in [9.17, 15) is 4.39 Å². The van der Waals surface area contributed by atoms with Crippen molar-refractivity contribution in [3.63, 3.8) is 0 Å². The van der Waals surface area contributed by atoms with Gasteiger partial charge in [0.15, 0.2) is 0 Å². The van der Waals surface area contributed by atoms with Crippen molar-refractivity contribution in [1.29, 1.82) is 0 Å². The highest BCUT2D eigenvalue weighted by molar-refractivity contribution is 6.31. The molecular formula is C12H18ClFN2. The molecule has 0 aliphatic rings. The molecule has 0 fully saturated rings. The minimum atomic E-state index is -0.252. The van der Waals surface area contributed by atoms with E-state index in [0.717, 1.165) is 6.54 Å². The van der Waals surface area contributed by atoms with Crippen molar-refractivity contribution in [3.05, 3.63) is 34.6 Å². The second-order valence-corrected chi connectivity index (χ2v) is 4.55. The van der Waals surface area contributed by atoms with Crippen LogP contribution in [0.25, 0.3) is 0 Å². The van der Waals surface area contributed by atoms with Crippen molar-refractivity contribution >= 4 is 11.6 Å². The van der Waals surface area contributed by atoms with Crippen molar-refractivity contribution in [2.45, 2.75) is 19.5 Å². The molecule has 0 saturated heterocycles. The molecule has 0 bridgehead atoms. The van der Waals surface area contributed by atoms with Crippen LogP contribution < -0.4 is 5.32 Å². The molecular weight excluding hydrogens is 227 g/mol. The summed E-state index contributed by atoms with van der Waals surface area (Å²) in [6, 6.07) is 5.16. The average Bonchev–Trinajstić information content (AvgIpc) is 2.22. The first-order valence-corrected chi connectivity index (χ1v) is 5.70. The van der Waals surface area contributed by atoms with Gasteiger partial charge < -0.3 is 10.2 Å². The van der Waals surface area contributed by atoms with E-state index in [2.05, 4.69) is 17.1 Å². The van der Waals surface area contributed by atoms with E-state index in [1.165, 1.54) is 6.07 Å². The molecule has 16 heavy (non-hydrogen) atoms. The topological polar surface area (TPSA) is 15.3 Å². The maximum atomic E-state index is 13.4. The van der Waals surface area contributed by atoms with Gasteiger partial charge in [-0.2, -0.15) is 0 Å². The molecule has 0 amide bonds. The fourth-order valence-corrected chi connectivity index (χ4v) is 1.52. The van der Waals surface area contributed by atoms with Crippen molar-refractivity contribution in [1.82, 2.24) is 10.2 Å². The van der Waals surface area contributed by atoms with Crippen LogP contribution in [0.1, 0.15) is 12.5 Å². The first-order valence-electron chi connectivity index (χ1n) is 5.32. The fraction of sp³-hybridized carbons (Fsp3) is 0.500. The number of nitrogens with zero attached hydrogens (tertiary/aromatic N) is 1. The largest absolute Gasteiger partial charge is 0.311 e. The lowest BCUT2D eigenvalue weighted by molar-refractivity contribution is 0.302. The highest BCUT2D eigenvalue weighted by atomic mass is 35.5. The highest BCUT2D eigenvalue weighted by Crippen LogP contribution is 2.18. The van der Waals surface area contributed by atoms with Gasteiger partial charge in [-0.25, -0.2) is 4.39 Å². The molecule has 1 atom stereocenters. The van der Waals surface area contributed by atoms with E-state index in [0.29, 0.717) is 23.2 Å². The van der Waals surface area contributed by atoms with E-state index in [1.807, 2.05) is 14.1 Å². The number of likely N-dealkylation sites (N-methyl/N-ethyl adjacent to an activating group) is 1. The Labute approximate surface area is 101 Å². The predicted molar refractivity (Wildman–Crippen MR) is 66.3 cm³/mol. The first kappa shape index (κ1) is 13.4. The molecule has 0 radical (unpaired) electrons. The summed E-state index contributed by atoms with van der Waals surface area (Å²) in [5, 5.41) is 3.68. The fourth-order valence-electron chi connectivity index (χ4n) is 1.29. The molecule has 0 heterocycles. The van der Waals surface area contributed by atoms with Crippen LogP contribution in [0.2, 0.25) is 5.02 Å². The maximum absolute atomic E-state index is 13.4. The average molecular weight is 245 g/mol. The molecule has 0 aromatic heterocycles. The number of hydrogen-bond acceptors (Lipinski definition) is 2. The normalized spacial score (nSPS) is 13.1. The summed E-state index contributed by atoms with van der Waals surface area (Å²) in [5.74, 6) is -0.252. The van der Waals surface area contributed by atoms with E-state index < -0.39 is 0 Å². The van der Waals surface area contributed by atoms with Crippen LogP contribution in [0.5, 0.6) is 0 Å². The Bertz CT molecular complexity index is 322. The van der Waals surface area contributed by atoms with Gasteiger partial charge >= 0.3 is 0 Å². The lowest BCUT2D eigenvalue weighted by Crippen LogP contribution is -2.35. The van der Waals surface area contributed by atoms with Crippen LogP contribution in [0, 0.1) is 5.82 Å². The van der Waals surface area contributed by atoms with Crippen LogP contribution in [0.15, 0.2) is 18.2 Å². The minimum Gasteiger partial charge on any atom is -0.311 e. The Morgan fingerprint density at radius 1 is 1.44 bits per heavy atom.